The van der Waals surface area contributed by atoms with Gasteiger partial charge in [-0.3, -0.25) is 14.8 Å². The molecule has 0 saturated carbocycles. The van der Waals surface area contributed by atoms with Gasteiger partial charge in [0, 0.05) is 55.5 Å². The van der Waals surface area contributed by atoms with Crippen molar-refractivity contribution in [3.8, 4) is 11.8 Å². The summed E-state index contributed by atoms with van der Waals surface area (Å²) in [5, 5.41) is 10.1. The molecule has 4 heteroatoms. The van der Waals surface area contributed by atoms with E-state index in [1.165, 1.54) is 24.0 Å². The average Bonchev–Trinajstić information content (AvgIpc) is 2.76. The standard InChI is InChI=1S/C26H33N3O/c1-2-3-4-8-21-10-12-23(13-11-21)26-24-19-28(18-22-9-7-14-27-17-22)15-5-6-16-29(24)25(26)20-30/h7,9-14,17,24-26,30H,2-3,5-6,15-16,18-20H2,1H3/t24-,25+,26+/m1/s1. The molecule has 4 rings (SSSR count). The summed E-state index contributed by atoms with van der Waals surface area (Å²) in [6.07, 6.45) is 8.25. The van der Waals surface area contributed by atoms with E-state index in [4.69, 9.17) is 0 Å². The molecule has 0 unspecified atom stereocenters. The summed E-state index contributed by atoms with van der Waals surface area (Å²) in [5.74, 6) is 6.86. The minimum atomic E-state index is 0.224. The maximum Gasteiger partial charge on any atom is 0.0593 e. The van der Waals surface area contributed by atoms with Crippen LogP contribution in [0.4, 0.5) is 0 Å². The maximum atomic E-state index is 10.1. The molecule has 0 spiro atoms. The highest BCUT2D eigenvalue weighted by molar-refractivity contribution is 5.39. The molecule has 4 nitrogen and oxygen atoms in total. The molecule has 0 aliphatic carbocycles. The smallest absolute Gasteiger partial charge is 0.0593 e. The van der Waals surface area contributed by atoms with Crippen molar-refractivity contribution < 1.29 is 5.11 Å². The van der Waals surface area contributed by atoms with Gasteiger partial charge in [-0.1, -0.05) is 37.0 Å². The zero-order chi connectivity index (χ0) is 20.8. The van der Waals surface area contributed by atoms with Gasteiger partial charge in [0.2, 0.25) is 0 Å². The van der Waals surface area contributed by atoms with Gasteiger partial charge in [0.1, 0.15) is 0 Å². The van der Waals surface area contributed by atoms with Gasteiger partial charge in [-0.2, -0.15) is 0 Å². The van der Waals surface area contributed by atoms with Crippen molar-refractivity contribution in [3.63, 3.8) is 0 Å². The number of benzene rings is 1. The first-order valence-electron chi connectivity index (χ1n) is 11.4. The Hall–Kier alpha value is -2.19. The number of aliphatic hydroxyl groups excluding tert-OH is 1. The van der Waals surface area contributed by atoms with Crippen molar-refractivity contribution in [1.29, 1.82) is 0 Å². The van der Waals surface area contributed by atoms with E-state index in [-0.39, 0.29) is 12.6 Å². The second-order valence-electron chi connectivity index (χ2n) is 8.56. The van der Waals surface area contributed by atoms with E-state index in [2.05, 4.69) is 63.9 Å². The minimum Gasteiger partial charge on any atom is -0.395 e. The monoisotopic (exact) mass is 403 g/mol. The van der Waals surface area contributed by atoms with Gasteiger partial charge in [0.25, 0.3) is 0 Å². The van der Waals surface area contributed by atoms with E-state index >= 15 is 0 Å². The van der Waals surface area contributed by atoms with E-state index in [1.807, 2.05) is 18.5 Å². The van der Waals surface area contributed by atoms with Crippen LogP contribution in [0.5, 0.6) is 0 Å². The van der Waals surface area contributed by atoms with E-state index in [9.17, 15) is 5.11 Å². The molecule has 158 valence electrons. The average molecular weight is 404 g/mol. The largest absolute Gasteiger partial charge is 0.395 e. The van der Waals surface area contributed by atoms with Crippen LogP contribution in [0.1, 0.15) is 55.2 Å². The van der Waals surface area contributed by atoms with Crippen molar-refractivity contribution in [1.82, 2.24) is 14.8 Å². The lowest BCUT2D eigenvalue weighted by molar-refractivity contribution is -0.0655. The lowest BCUT2D eigenvalue weighted by Crippen LogP contribution is -2.67. The van der Waals surface area contributed by atoms with Gasteiger partial charge in [0.05, 0.1) is 6.61 Å². The zero-order valence-corrected chi connectivity index (χ0v) is 18.0. The van der Waals surface area contributed by atoms with Gasteiger partial charge >= 0.3 is 0 Å². The van der Waals surface area contributed by atoms with Crippen molar-refractivity contribution in [2.24, 2.45) is 0 Å². The van der Waals surface area contributed by atoms with E-state index in [1.54, 1.807) is 0 Å². The third kappa shape index (κ3) is 4.75. The fraction of sp³-hybridized carbons (Fsp3) is 0.500. The van der Waals surface area contributed by atoms with Gasteiger partial charge in [-0.15, -0.1) is 0 Å². The molecular formula is C26H33N3O. The number of rotatable bonds is 5. The summed E-state index contributed by atoms with van der Waals surface area (Å²) >= 11 is 0. The topological polar surface area (TPSA) is 39.6 Å². The molecule has 0 amide bonds. The first-order valence-corrected chi connectivity index (χ1v) is 11.4. The third-order valence-electron chi connectivity index (χ3n) is 6.49. The Morgan fingerprint density at radius 1 is 1.13 bits per heavy atom. The second-order valence-corrected chi connectivity index (χ2v) is 8.56. The fourth-order valence-corrected chi connectivity index (χ4v) is 4.98. The molecular weight excluding hydrogens is 370 g/mol. The fourth-order valence-electron chi connectivity index (χ4n) is 4.98. The van der Waals surface area contributed by atoms with Crippen LogP contribution in [0.2, 0.25) is 0 Å². The van der Waals surface area contributed by atoms with Crippen LogP contribution >= 0.6 is 0 Å². The van der Waals surface area contributed by atoms with Crippen LogP contribution in [0, 0.1) is 11.8 Å². The lowest BCUT2D eigenvalue weighted by Gasteiger charge is -2.57. The van der Waals surface area contributed by atoms with E-state index in [0.717, 1.165) is 44.6 Å². The third-order valence-corrected chi connectivity index (χ3v) is 6.49. The maximum absolute atomic E-state index is 10.1. The van der Waals surface area contributed by atoms with E-state index in [0.29, 0.717) is 12.0 Å². The summed E-state index contributed by atoms with van der Waals surface area (Å²) in [5.41, 5.74) is 3.69. The molecule has 3 heterocycles. The summed E-state index contributed by atoms with van der Waals surface area (Å²) in [4.78, 5) is 9.39. The zero-order valence-electron chi connectivity index (χ0n) is 18.0. The molecule has 1 aromatic heterocycles. The number of hydrogen-bond acceptors (Lipinski definition) is 4. The van der Waals surface area contributed by atoms with Crippen LogP contribution in [0.15, 0.2) is 48.8 Å². The van der Waals surface area contributed by atoms with Gasteiger partial charge < -0.3 is 5.11 Å². The first kappa shape index (κ1) is 21.1. The van der Waals surface area contributed by atoms with Crippen LogP contribution in [0.3, 0.4) is 0 Å². The Kier molecular flexibility index (Phi) is 7.17. The Bertz CT molecular complexity index is 855. The Balaban J connectivity index is 1.50. The first-order chi connectivity index (χ1) is 14.8. The molecule has 2 fully saturated rings. The quantitative estimate of drug-likeness (QED) is 0.774. The van der Waals surface area contributed by atoms with Gasteiger partial charge in [-0.25, -0.2) is 0 Å². The highest BCUT2D eigenvalue weighted by Gasteiger charge is 2.48. The summed E-state index contributed by atoms with van der Waals surface area (Å²) in [6, 6.07) is 13.6. The van der Waals surface area contributed by atoms with Crippen LogP contribution in [-0.4, -0.2) is 58.2 Å². The highest BCUT2D eigenvalue weighted by atomic mass is 16.3. The molecule has 2 aliphatic rings. The number of unbranched alkanes of at least 4 members (excludes halogenated alkanes) is 1. The molecule has 1 N–H and O–H groups in total. The number of nitrogens with zero attached hydrogens (tertiary/aromatic N) is 3. The number of hydrogen-bond donors (Lipinski definition) is 1. The molecule has 2 aliphatic heterocycles. The van der Waals surface area contributed by atoms with Crippen molar-refractivity contribution in [3.05, 3.63) is 65.5 Å². The Morgan fingerprint density at radius 3 is 2.70 bits per heavy atom. The Labute approximate surface area is 180 Å². The van der Waals surface area contributed by atoms with Crippen LogP contribution in [0.25, 0.3) is 0 Å². The lowest BCUT2D eigenvalue weighted by atomic mass is 9.74. The SMILES string of the molecule is CCCC#Cc1ccc([C@H]2[C@H]3CN(Cc4cccnc4)CCCCN3[C@H]2CO)cc1. The molecule has 2 saturated heterocycles. The Morgan fingerprint density at radius 2 is 1.97 bits per heavy atom. The highest BCUT2D eigenvalue weighted by Crippen LogP contribution is 2.42. The van der Waals surface area contributed by atoms with E-state index < -0.39 is 0 Å². The van der Waals surface area contributed by atoms with Crippen LogP contribution in [-0.2, 0) is 6.54 Å². The predicted octanol–water partition coefficient (Wildman–Crippen LogP) is 3.66. The van der Waals surface area contributed by atoms with Crippen molar-refractivity contribution in [2.45, 2.75) is 57.2 Å². The number of aromatic nitrogens is 1. The summed E-state index contributed by atoms with van der Waals surface area (Å²) in [6.45, 7) is 6.58. The second kappa shape index (κ2) is 10.2. The molecule has 3 atom stereocenters. The molecule has 30 heavy (non-hydrogen) atoms. The molecule has 1 aromatic carbocycles. The van der Waals surface area contributed by atoms with Gasteiger partial charge in [0.15, 0.2) is 0 Å². The van der Waals surface area contributed by atoms with Crippen molar-refractivity contribution >= 4 is 0 Å². The normalized spacial score (nSPS) is 24.7. The summed E-state index contributed by atoms with van der Waals surface area (Å²) < 4.78 is 0. The molecule has 2 aromatic rings. The number of fused-ring (bicyclic) bond motifs is 1. The predicted molar refractivity (Wildman–Crippen MR) is 121 cm³/mol. The number of pyridine rings is 1. The van der Waals surface area contributed by atoms with Crippen LogP contribution < -0.4 is 0 Å². The van der Waals surface area contributed by atoms with Gasteiger partial charge in [-0.05, 0) is 61.7 Å². The summed E-state index contributed by atoms with van der Waals surface area (Å²) in [7, 11) is 0. The minimum absolute atomic E-state index is 0.224. The molecule has 0 bridgehead atoms. The number of aliphatic hydroxyl groups is 1. The van der Waals surface area contributed by atoms with Crippen molar-refractivity contribution in [2.75, 3.05) is 26.2 Å². The molecule has 0 radical (unpaired) electrons.